The number of aliphatic hydroxyl groups excluding tert-OH is 1. The lowest BCUT2D eigenvalue weighted by atomic mass is 9.94. The van der Waals surface area contributed by atoms with Gasteiger partial charge in [0, 0.05) is 35.1 Å². The molecule has 0 saturated carbocycles. The van der Waals surface area contributed by atoms with Crippen LogP contribution in [0.5, 0.6) is 5.75 Å². The van der Waals surface area contributed by atoms with E-state index in [0.717, 1.165) is 18.8 Å². The number of anilines is 2. The second-order valence-electron chi connectivity index (χ2n) is 8.39. The van der Waals surface area contributed by atoms with Crippen LogP contribution in [0.1, 0.15) is 31.0 Å². The van der Waals surface area contributed by atoms with E-state index in [1.54, 1.807) is 24.3 Å². The molecular weight excluding hydrogens is 535 g/mol. The largest absolute Gasteiger partial charge is 0.507 e. The Hall–Kier alpha value is -3.19. The summed E-state index contributed by atoms with van der Waals surface area (Å²) in [5, 5.41) is 12.1. The van der Waals surface area contributed by atoms with Crippen molar-refractivity contribution in [2.75, 3.05) is 30.0 Å². The van der Waals surface area contributed by atoms with Crippen molar-refractivity contribution in [1.82, 2.24) is 0 Å². The summed E-state index contributed by atoms with van der Waals surface area (Å²) in [6.07, 6.45) is 0. The van der Waals surface area contributed by atoms with E-state index in [1.807, 2.05) is 24.3 Å². The molecule has 0 spiro atoms. The topological polar surface area (TPSA) is 70.1 Å². The molecule has 1 atom stereocenters. The van der Waals surface area contributed by atoms with Gasteiger partial charge in [-0.3, -0.25) is 14.5 Å². The highest BCUT2D eigenvalue weighted by atomic mass is 35.5. The number of carbonyl (C=O) groups is 2. The maximum Gasteiger partial charge on any atom is 0.300 e. The number of carbonyl (C=O) groups excluding carboxylic acids is 2. The molecule has 1 N–H and O–H groups in total. The molecule has 1 aliphatic heterocycles. The fraction of sp³-hybridized carbons (Fsp3) is 0.214. The van der Waals surface area contributed by atoms with E-state index < -0.39 is 23.5 Å². The van der Waals surface area contributed by atoms with E-state index in [1.165, 1.54) is 24.1 Å². The molecule has 1 amide bonds. The Kier molecular flexibility index (Phi) is 8.02. The summed E-state index contributed by atoms with van der Waals surface area (Å²) < 4.78 is 5.19. The average Bonchev–Trinajstić information content (AvgIpc) is 3.14. The third-order valence-corrected chi connectivity index (χ3v) is 7.14. The second-order valence-corrected chi connectivity index (χ2v) is 9.64. The van der Waals surface area contributed by atoms with Crippen LogP contribution in [0.15, 0.2) is 66.2 Å². The van der Waals surface area contributed by atoms with Crippen molar-refractivity contribution < 1.29 is 19.4 Å². The minimum atomic E-state index is -0.913. The monoisotopic (exact) mass is 558 g/mol. The summed E-state index contributed by atoms with van der Waals surface area (Å²) in [6, 6.07) is 16.2. The number of hydrogen-bond acceptors (Lipinski definition) is 5. The van der Waals surface area contributed by atoms with Crippen molar-refractivity contribution in [3.63, 3.8) is 0 Å². The molecule has 9 heteroatoms. The number of nitrogens with zero attached hydrogens (tertiary/aromatic N) is 2. The van der Waals surface area contributed by atoms with Crippen LogP contribution in [-0.2, 0) is 9.59 Å². The molecule has 0 aliphatic carbocycles. The normalized spacial score (nSPS) is 16.8. The molecule has 3 aromatic rings. The predicted molar refractivity (Wildman–Crippen MR) is 149 cm³/mol. The summed E-state index contributed by atoms with van der Waals surface area (Å²) in [4.78, 5) is 30.3. The van der Waals surface area contributed by atoms with Crippen LogP contribution in [0.2, 0.25) is 15.1 Å². The minimum Gasteiger partial charge on any atom is -0.507 e. The van der Waals surface area contributed by atoms with Gasteiger partial charge in [-0.05, 0) is 61.9 Å². The van der Waals surface area contributed by atoms with Crippen LogP contribution in [0.4, 0.5) is 11.4 Å². The van der Waals surface area contributed by atoms with Crippen molar-refractivity contribution in [2.24, 2.45) is 0 Å². The van der Waals surface area contributed by atoms with Gasteiger partial charge in [0.2, 0.25) is 0 Å². The molecule has 0 aromatic heterocycles. The third kappa shape index (κ3) is 5.01. The molecule has 0 bridgehead atoms. The fourth-order valence-corrected chi connectivity index (χ4v) is 5.37. The van der Waals surface area contributed by atoms with Gasteiger partial charge in [0.1, 0.15) is 5.76 Å². The number of rotatable bonds is 7. The number of benzene rings is 3. The third-order valence-electron chi connectivity index (χ3n) is 6.34. The first-order valence-electron chi connectivity index (χ1n) is 11.7. The van der Waals surface area contributed by atoms with Crippen LogP contribution in [0, 0.1) is 0 Å². The standard InChI is InChI=1S/C28H25Cl3N2O4/c1-4-32(5-2)19-11-9-16(10-12-19)24-23(25(34)17-13-21(30)27(37-3)22(31)14-17)26(35)28(36)33(24)20-8-6-7-18(29)15-20/h6-15,24,34H,4-5H2,1-3H3/b25-23+. The van der Waals surface area contributed by atoms with Crippen molar-refractivity contribution in [3.8, 4) is 5.75 Å². The predicted octanol–water partition coefficient (Wildman–Crippen LogP) is 7.13. The summed E-state index contributed by atoms with van der Waals surface area (Å²) in [5.41, 5.74) is 2.17. The maximum absolute atomic E-state index is 13.4. The number of ether oxygens (including phenoxy) is 1. The second kappa shape index (κ2) is 11.1. The van der Waals surface area contributed by atoms with Crippen LogP contribution in [0.25, 0.3) is 5.76 Å². The highest BCUT2D eigenvalue weighted by molar-refractivity contribution is 6.52. The van der Waals surface area contributed by atoms with Crippen molar-refractivity contribution in [1.29, 1.82) is 0 Å². The Balaban J connectivity index is 1.93. The number of ketones is 1. The first-order valence-corrected chi connectivity index (χ1v) is 12.8. The van der Waals surface area contributed by atoms with Crippen molar-refractivity contribution in [3.05, 3.63) is 92.4 Å². The van der Waals surface area contributed by atoms with E-state index in [0.29, 0.717) is 16.3 Å². The first kappa shape index (κ1) is 26.9. The van der Waals surface area contributed by atoms with Gasteiger partial charge in [-0.2, -0.15) is 0 Å². The Morgan fingerprint density at radius 1 is 0.973 bits per heavy atom. The number of halogens is 3. The molecule has 1 unspecified atom stereocenters. The molecule has 3 aromatic carbocycles. The Morgan fingerprint density at radius 3 is 2.14 bits per heavy atom. The number of hydrogen-bond donors (Lipinski definition) is 1. The molecule has 37 heavy (non-hydrogen) atoms. The number of methoxy groups -OCH3 is 1. The van der Waals surface area contributed by atoms with Crippen molar-refractivity contribution >= 4 is 63.6 Å². The molecule has 4 rings (SSSR count). The van der Waals surface area contributed by atoms with E-state index >= 15 is 0 Å². The summed E-state index contributed by atoms with van der Waals surface area (Å²) >= 11 is 18.8. The van der Waals surface area contributed by atoms with Gasteiger partial charge < -0.3 is 14.7 Å². The van der Waals surface area contributed by atoms with Crippen LogP contribution in [-0.4, -0.2) is 37.0 Å². The number of Topliss-reactive ketones (excluding diaryl/α,β-unsaturated/α-hetero) is 1. The minimum absolute atomic E-state index is 0.0853. The summed E-state index contributed by atoms with van der Waals surface area (Å²) in [7, 11) is 1.42. The van der Waals surface area contributed by atoms with Gasteiger partial charge in [-0.1, -0.05) is 53.0 Å². The quantitative estimate of drug-likeness (QED) is 0.189. The van der Waals surface area contributed by atoms with E-state index in [2.05, 4.69) is 18.7 Å². The highest BCUT2D eigenvalue weighted by Gasteiger charge is 2.47. The molecule has 1 aliphatic rings. The van der Waals surface area contributed by atoms with Crippen molar-refractivity contribution in [2.45, 2.75) is 19.9 Å². The number of amides is 1. The van der Waals surface area contributed by atoms with Crippen LogP contribution < -0.4 is 14.5 Å². The van der Waals surface area contributed by atoms with Gasteiger partial charge in [0.25, 0.3) is 11.7 Å². The SMILES string of the molecule is CCN(CC)c1ccc(C2/C(=C(\O)c3cc(Cl)c(OC)c(Cl)c3)C(=O)C(=O)N2c2cccc(Cl)c2)cc1. The molecule has 0 radical (unpaired) electrons. The van der Waals surface area contributed by atoms with Crippen LogP contribution in [0.3, 0.4) is 0 Å². The molecule has 6 nitrogen and oxygen atoms in total. The van der Waals surface area contributed by atoms with Gasteiger partial charge in [0.05, 0.1) is 28.8 Å². The average molecular weight is 560 g/mol. The highest BCUT2D eigenvalue weighted by Crippen LogP contribution is 2.44. The zero-order valence-electron chi connectivity index (χ0n) is 20.5. The Labute approximate surface area is 230 Å². The molecule has 192 valence electrons. The van der Waals surface area contributed by atoms with Crippen LogP contribution >= 0.6 is 34.8 Å². The molecular formula is C28H25Cl3N2O4. The van der Waals surface area contributed by atoms with E-state index in [-0.39, 0.29) is 26.9 Å². The lowest BCUT2D eigenvalue weighted by Gasteiger charge is -2.27. The zero-order chi connectivity index (χ0) is 26.9. The van der Waals surface area contributed by atoms with E-state index in [4.69, 9.17) is 39.5 Å². The lowest BCUT2D eigenvalue weighted by molar-refractivity contribution is -0.132. The Morgan fingerprint density at radius 2 is 1.59 bits per heavy atom. The van der Waals surface area contributed by atoms with Gasteiger partial charge in [0.15, 0.2) is 5.75 Å². The van der Waals surface area contributed by atoms with E-state index in [9.17, 15) is 14.7 Å². The maximum atomic E-state index is 13.4. The van der Waals surface area contributed by atoms with Gasteiger partial charge in [-0.25, -0.2) is 0 Å². The molecule has 1 saturated heterocycles. The zero-order valence-corrected chi connectivity index (χ0v) is 22.7. The molecule has 1 fully saturated rings. The van der Waals surface area contributed by atoms with Gasteiger partial charge >= 0.3 is 0 Å². The first-order chi connectivity index (χ1) is 17.7. The fourth-order valence-electron chi connectivity index (χ4n) is 4.54. The Bertz CT molecular complexity index is 1360. The summed E-state index contributed by atoms with van der Waals surface area (Å²) in [5.74, 6) is -1.78. The van der Waals surface area contributed by atoms with Gasteiger partial charge in [-0.15, -0.1) is 0 Å². The smallest absolute Gasteiger partial charge is 0.300 e. The molecule has 1 heterocycles. The number of aliphatic hydroxyl groups is 1. The lowest BCUT2D eigenvalue weighted by Crippen LogP contribution is -2.29. The summed E-state index contributed by atoms with van der Waals surface area (Å²) in [6.45, 7) is 5.79.